The Kier molecular flexibility index (Phi) is 5.21. The molecule has 2 atom stereocenters. The van der Waals surface area contributed by atoms with E-state index in [1.165, 1.54) is 0 Å². The summed E-state index contributed by atoms with van der Waals surface area (Å²) in [5, 5.41) is 11.9. The first-order valence-corrected chi connectivity index (χ1v) is 8.62. The Morgan fingerprint density at radius 2 is 2.29 bits per heavy atom. The molecule has 2 rings (SSSR count). The predicted molar refractivity (Wildman–Crippen MR) is 82.9 cm³/mol. The third-order valence-electron chi connectivity index (χ3n) is 3.54. The summed E-state index contributed by atoms with van der Waals surface area (Å²) in [5.41, 5.74) is 1.41. The van der Waals surface area contributed by atoms with Crippen LogP contribution < -0.4 is 15.8 Å². The van der Waals surface area contributed by atoms with E-state index in [1.54, 1.807) is 19.1 Å². The zero-order valence-corrected chi connectivity index (χ0v) is 13.2. The molecule has 1 heterocycles. The Balaban J connectivity index is 2.02. The van der Waals surface area contributed by atoms with Gasteiger partial charge in [-0.3, -0.25) is 0 Å². The largest absolute Gasteiger partial charge is 0.382 e. The number of anilines is 1. The summed E-state index contributed by atoms with van der Waals surface area (Å²) in [5.74, 6) is 0. The van der Waals surface area contributed by atoms with Crippen LogP contribution in [0.25, 0.3) is 0 Å². The molecule has 0 aliphatic carbocycles. The van der Waals surface area contributed by atoms with Gasteiger partial charge in [-0.25, -0.2) is 13.6 Å². The Hall–Kier alpha value is -1.15. The van der Waals surface area contributed by atoms with Gasteiger partial charge in [0.1, 0.15) is 0 Å². The number of aryl methyl sites for hydroxylation is 1. The number of morpholine rings is 1. The van der Waals surface area contributed by atoms with Gasteiger partial charge >= 0.3 is 0 Å². The van der Waals surface area contributed by atoms with Gasteiger partial charge in [0, 0.05) is 24.3 Å². The molecule has 0 aromatic heterocycles. The predicted octanol–water partition coefficient (Wildman–Crippen LogP) is 0.821. The third-order valence-corrected chi connectivity index (χ3v) is 4.60. The van der Waals surface area contributed by atoms with Crippen LogP contribution in [0.15, 0.2) is 23.1 Å². The summed E-state index contributed by atoms with van der Waals surface area (Å²) in [6, 6.07) is 5.73. The van der Waals surface area contributed by atoms with Gasteiger partial charge in [0.15, 0.2) is 0 Å². The van der Waals surface area contributed by atoms with Crippen LogP contribution in [0.5, 0.6) is 0 Å². The van der Waals surface area contributed by atoms with E-state index in [0.717, 1.165) is 25.3 Å². The number of ether oxygens (including phenoxy) is 1. The van der Waals surface area contributed by atoms with Crippen LogP contribution in [-0.4, -0.2) is 40.3 Å². The monoisotopic (exact) mass is 313 g/mol. The molecule has 1 aromatic rings. The zero-order chi connectivity index (χ0) is 15.5. The molecule has 2 unspecified atom stereocenters. The number of primary sulfonamides is 1. The number of hydrogen-bond acceptors (Lipinski definition) is 5. The molecule has 1 fully saturated rings. The van der Waals surface area contributed by atoms with E-state index in [9.17, 15) is 8.42 Å². The Morgan fingerprint density at radius 3 is 2.90 bits per heavy atom. The normalized spacial score (nSPS) is 21.0. The molecule has 6 nitrogen and oxygen atoms in total. The zero-order valence-electron chi connectivity index (χ0n) is 12.4. The lowest BCUT2D eigenvalue weighted by Gasteiger charge is -2.27. The van der Waals surface area contributed by atoms with Crippen LogP contribution >= 0.6 is 0 Å². The van der Waals surface area contributed by atoms with Crippen LogP contribution in [0.3, 0.4) is 0 Å². The molecule has 1 aromatic carbocycles. The quantitative estimate of drug-likeness (QED) is 0.748. The van der Waals surface area contributed by atoms with Crippen molar-refractivity contribution in [3.8, 4) is 0 Å². The molecule has 118 valence electrons. The van der Waals surface area contributed by atoms with E-state index >= 15 is 0 Å². The molecular formula is C14H23N3O3S. The number of nitrogens with one attached hydrogen (secondary N) is 2. The van der Waals surface area contributed by atoms with Crippen molar-refractivity contribution >= 4 is 15.7 Å². The van der Waals surface area contributed by atoms with Crippen LogP contribution in [-0.2, 0) is 14.8 Å². The minimum atomic E-state index is -3.69. The number of rotatable bonds is 5. The van der Waals surface area contributed by atoms with Gasteiger partial charge in [-0.1, -0.05) is 6.07 Å². The molecule has 0 radical (unpaired) electrons. The maximum absolute atomic E-state index is 11.5. The van der Waals surface area contributed by atoms with Crippen molar-refractivity contribution in [1.82, 2.24) is 5.32 Å². The van der Waals surface area contributed by atoms with Crippen molar-refractivity contribution in [2.75, 3.05) is 25.1 Å². The molecule has 1 saturated heterocycles. The smallest absolute Gasteiger partial charge is 0.238 e. The Bertz CT molecular complexity index is 583. The first-order valence-electron chi connectivity index (χ1n) is 7.07. The van der Waals surface area contributed by atoms with Gasteiger partial charge in [-0.15, -0.1) is 0 Å². The summed E-state index contributed by atoms with van der Waals surface area (Å²) in [6.45, 7) is 6.14. The summed E-state index contributed by atoms with van der Waals surface area (Å²) in [7, 11) is -3.69. The van der Waals surface area contributed by atoms with Gasteiger partial charge in [0.25, 0.3) is 0 Å². The highest BCUT2D eigenvalue weighted by Gasteiger charge is 2.17. The fourth-order valence-electron chi connectivity index (χ4n) is 2.54. The molecule has 21 heavy (non-hydrogen) atoms. The van der Waals surface area contributed by atoms with Gasteiger partial charge in [0.2, 0.25) is 10.0 Å². The number of hydrogen-bond donors (Lipinski definition) is 3. The van der Waals surface area contributed by atoms with E-state index in [2.05, 4.69) is 17.6 Å². The van der Waals surface area contributed by atoms with E-state index in [1.807, 2.05) is 6.07 Å². The summed E-state index contributed by atoms with van der Waals surface area (Å²) in [4.78, 5) is 0.166. The fourth-order valence-corrected chi connectivity index (χ4v) is 3.35. The molecule has 7 heteroatoms. The van der Waals surface area contributed by atoms with E-state index < -0.39 is 10.0 Å². The molecule has 0 bridgehead atoms. The maximum atomic E-state index is 11.5. The molecule has 1 aliphatic heterocycles. The van der Waals surface area contributed by atoms with Crippen molar-refractivity contribution in [3.05, 3.63) is 23.8 Å². The number of benzene rings is 1. The standard InChI is InChI=1S/C14H23N3O3S/c1-10-3-4-12(8-14(10)21(15,18)19)17-11(2)7-13-9-20-6-5-16-13/h3-4,8,11,13,16-17H,5-7,9H2,1-2H3,(H2,15,18,19). The highest BCUT2D eigenvalue weighted by molar-refractivity contribution is 7.89. The molecule has 0 saturated carbocycles. The van der Waals surface area contributed by atoms with Crippen molar-refractivity contribution in [2.24, 2.45) is 5.14 Å². The van der Waals surface area contributed by atoms with E-state index in [0.29, 0.717) is 18.2 Å². The van der Waals surface area contributed by atoms with Crippen molar-refractivity contribution in [2.45, 2.75) is 37.2 Å². The molecular weight excluding hydrogens is 290 g/mol. The van der Waals surface area contributed by atoms with Crippen molar-refractivity contribution in [3.63, 3.8) is 0 Å². The van der Waals surface area contributed by atoms with Crippen LogP contribution in [0.4, 0.5) is 5.69 Å². The maximum Gasteiger partial charge on any atom is 0.238 e. The second kappa shape index (κ2) is 6.74. The Morgan fingerprint density at radius 1 is 1.52 bits per heavy atom. The average molecular weight is 313 g/mol. The molecule has 0 amide bonds. The van der Waals surface area contributed by atoms with Crippen LogP contribution in [0.1, 0.15) is 18.9 Å². The van der Waals surface area contributed by atoms with Crippen molar-refractivity contribution in [1.29, 1.82) is 0 Å². The van der Waals surface area contributed by atoms with Crippen LogP contribution in [0.2, 0.25) is 0 Å². The SMILES string of the molecule is Cc1ccc(NC(C)CC2COCCN2)cc1S(N)(=O)=O. The average Bonchev–Trinajstić information content (AvgIpc) is 2.41. The van der Waals surface area contributed by atoms with Gasteiger partial charge in [-0.05, 0) is 38.0 Å². The lowest BCUT2D eigenvalue weighted by Crippen LogP contribution is -2.43. The van der Waals surface area contributed by atoms with Gasteiger partial charge in [0.05, 0.1) is 18.1 Å². The minimum absolute atomic E-state index is 0.166. The number of sulfonamides is 1. The molecule has 4 N–H and O–H groups in total. The van der Waals surface area contributed by atoms with Crippen molar-refractivity contribution < 1.29 is 13.2 Å². The second-order valence-corrected chi connectivity index (χ2v) is 7.06. The van der Waals surface area contributed by atoms with Gasteiger partial charge in [-0.2, -0.15) is 0 Å². The molecule has 1 aliphatic rings. The topological polar surface area (TPSA) is 93.4 Å². The first kappa shape index (κ1) is 16.2. The summed E-state index contributed by atoms with van der Waals surface area (Å²) < 4.78 is 28.5. The minimum Gasteiger partial charge on any atom is -0.382 e. The fraction of sp³-hybridized carbons (Fsp3) is 0.571. The lowest BCUT2D eigenvalue weighted by atomic mass is 10.1. The third kappa shape index (κ3) is 4.67. The summed E-state index contributed by atoms with van der Waals surface area (Å²) in [6.07, 6.45) is 0.901. The lowest BCUT2D eigenvalue weighted by molar-refractivity contribution is 0.0731. The Labute approximate surface area is 126 Å². The highest BCUT2D eigenvalue weighted by Crippen LogP contribution is 2.20. The van der Waals surface area contributed by atoms with Gasteiger partial charge < -0.3 is 15.4 Å². The highest BCUT2D eigenvalue weighted by atomic mass is 32.2. The van der Waals surface area contributed by atoms with E-state index in [-0.39, 0.29) is 10.9 Å². The second-order valence-electron chi connectivity index (χ2n) is 5.53. The first-order chi connectivity index (χ1) is 9.86. The summed E-state index contributed by atoms with van der Waals surface area (Å²) >= 11 is 0. The van der Waals surface area contributed by atoms with E-state index in [4.69, 9.17) is 9.88 Å². The van der Waals surface area contributed by atoms with Crippen LogP contribution in [0, 0.1) is 6.92 Å². The molecule has 0 spiro atoms. The number of nitrogens with two attached hydrogens (primary N) is 1.